The van der Waals surface area contributed by atoms with Gasteiger partial charge in [-0.1, -0.05) is 18.2 Å². The zero-order valence-corrected chi connectivity index (χ0v) is 9.39. The second-order valence-electron chi connectivity index (χ2n) is 3.00. The Bertz CT molecular complexity index is 396. The predicted octanol–water partition coefficient (Wildman–Crippen LogP) is 2.90. The summed E-state index contributed by atoms with van der Waals surface area (Å²) >= 11 is 0. The third kappa shape index (κ3) is 4.16. The van der Waals surface area contributed by atoms with Gasteiger partial charge in [-0.3, -0.25) is 0 Å². The molecule has 0 saturated heterocycles. The fourth-order valence-electron chi connectivity index (χ4n) is 1.14. The summed E-state index contributed by atoms with van der Waals surface area (Å²) in [7, 11) is 0. The first-order valence-electron chi connectivity index (χ1n) is 4.31. The van der Waals surface area contributed by atoms with Crippen molar-refractivity contribution in [1.29, 1.82) is 0 Å². The maximum atomic E-state index is 12.0. The first kappa shape index (κ1) is 15.6. The highest BCUT2D eigenvalue weighted by molar-refractivity contribution is 5.85. The molecule has 3 nitrogen and oxygen atoms in total. The van der Waals surface area contributed by atoms with Crippen LogP contribution in [0, 0.1) is 0 Å². The largest absolute Gasteiger partial charge is 0.573 e. The topological polar surface area (TPSA) is 55.5 Å². The fraction of sp³-hybridized carbons (Fsp3) is 0.200. The Morgan fingerprint density at radius 1 is 1.41 bits per heavy atom. The lowest BCUT2D eigenvalue weighted by atomic mass is 10.1. The molecule has 17 heavy (non-hydrogen) atoms. The SMILES string of the molecule is C=C[C@H](N)c1cccc(OC(F)(F)F)c1O.Cl. The standard InChI is InChI=1S/C10H10F3NO2.ClH/c1-2-7(14)6-4-3-5-8(9(6)15)16-10(11,12)13;/h2-5,7,15H,1,14H2;1H/t7-;/m0./s1. The van der Waals surface area contributed by atoms with E-state index in [1.807, 2.05) is 0 Å². The van der Waals surface area contributed by atoms with Gasteiger partial charge in [-0.2, -0.15) is 0 Å². The molecule has 1 aromatic rings. The van der Waals surface area contributed by atoms with Gasteiger partial charge in [0.25, 0.3) is 0 Å². The van der Waals surface area contributed by atoms with E-state index in [1.165, 1.54) is 18.2 Å². The number of hydrogen-bond acceptors (Lipinski definition) is 3. The van der Waals surface area contributed by atoms with Crippen molar-refractivity contribution in [3.63, 3.8) is 0 Å². The molecule has 0 saturated carbocycles. The smallest absolute Gasteiger partial charge is 0.504 e. The lowest BCUT2D eigenvalue weighted by Crippen LogP contribution is -2.17. The van der Waals surface area contributed by atoms with Gasteiger partial charge in [0.05, 0.1) is 6.04 Å². The van der Waals surface area contributed by atoms with Crippen LogP contribution in [0.5, 0.6) is 11.5 Å². The van der Waals surface area contributed by atoms with Gasteiger partial charge in [-0.15, -0.1) is 32.2 Å². The second-order valence-corrected chi connectivity index (χ2v) is 3.00. The van der Waals surface area contributed by atoms with Crippen LogP contribution in [0.25, 0.3) is 0 Å². The lowest BCUT2D eigenvalue weighted by molar-refractivity contribution is -0.275. The monoisotopic (exact) mass is 269 g/mol. The Morgan fingerprint density at radius 3 is 2.47 bits per heavy atom. The van der Waals surface area contributed by atoms with Crippen LogP contribution in [0.1, 0.15) is 11.6 Å². The number of alkyl halides is 3. The average molecular weight is 270 g/mol. The normalized spacial score (nSPS) is 12.5. The predicted molar refractivity (Wildman–Crippen MR) is 59.2 cm³/mol. The van der Waals surface area contributed by atoms with Gasteiger partial charge in [0, 0.05) is 5.56 Å². The van der Waals surface area contributed by atoms with Gasteiger partial charge in [0.15, 0.2) is 11.5 Å². The molecule has 0 amide bonds. The molecule has 0 spiro atoms. The van der Waals surface area contributed by atoms with Crippen molar-refractivity contribution in [2.75, 3.05) is 0 Å². The Kier molecular flexibility index (Phi) is 5.31. The molecule has 0 fully saturated rings. The molecule has 1 aromatic carbocycles. The summed E-state index contributed by atoms with van der Waals surface area (Å²) in [6, 6.07) is 2.95. The average Bonchev–Trinajstić information content (AvgIpc) is 2.18. The molecule has 0 unspecified atom stereocenters. The highest BCUT2D eigenvalue weighted by Crippen LogP contribution is 2.36. The molecule has 7 heteroatoms. The number of ether oxygens (including phenoxy) is 1. The summed E-state index contributed by atoms with van der Waals surface area (Å²) in [5.74, 6) is -1.31. The van der Waals surface area contributed by atoms with E-state index < -0.39 is 23.9 Å². The molecule has 0 bridgehead atoms. The van der Waals surface area contributed by atoms with Crippen LogP contribution >= 0.6 is 12.4 Å². The van der Waals surface area contributed by atoms with Crippen LogP contribution in [0.15, 0.2) is 30.9 Å². The van der Waals surface area contributed by atoms with Crippen LogP contribution in [0.2, 0.25) is 0 Å². The van der Waals surface area contributed by atoms with E-state index in [0.29, 0.717) is 0 Å². The number of halogens is 4. The molecule has 0 aliphatic rings. The number of phenols is 1. The number of aromatic hydroxyl groups is 1. The zero-order chi connectivity index (χ0) is 12.3. The lowest BCUT2D eigenvalue weighted by Gasteiger charge is -2.14. The molecule has 1 atom stereocenters. The van der Waals surface area contributed by atoms with Crippen LogP contribution in [0.3, 0.4) is 0 Å². The van der Waals surface area contributed by atoms with Gasteiger partial charge in [0.1, 0.15) is 0 Å². The van der Waals surface area contributed by atoms with Crippen LogP contribution in [-0.2, 0) is 0 Å². The van der Waals surface area contributed by atoms with Crippen molar-refractivity contribution in [3.8, 4) is 11.5 Å². The molecule has 0 aliphatic heterocycles. The van der Waals surface area contributed by atoms with E-state index in [-0.39, 0.29) is 18.0 Å². The first-order valence-corrected chi connectivity index (χ1v) is 4.31. The maximum absolute atomic E-state index is 12.0. The molecule has 0 aromatic heterocycles. The highest BCUT2D eigenvalue weighted by atomic mass is 35.5. The minimum atomic E-state index is -4.85. The van der Waals surface area contributed by atoms with E-state index in [0.717, 1.165) is 6.07 Å². The zero-order valence-electron chi connectivity index (χ0n) is 8.57. The minimum Gasteiger partial charge on any atom is -0.504 e. The van der Waals surface area contributed by atoms with E-state index in [4.69, 9.17) is 5.73 Å². The fourth-order valence-corrected chi connectivity index (χ4v) is 1.14. The molecular formula is C10H11ClF3NO2. The summed E-state index contributed by atoms with van der Waals surface area (Å²) in [6.07, 6.45) is -3.55. The van der Waals surface area contributed by atoms with Crippen LogP contribution < -0.4 is 10.5 Å². The Balaban J connectivity index is 0.00000256. The van der Waals surface area contributed by atoms with Crippen molar-refractivity contribution in [1.82, 2.24) is 0 Å². The third-order valence-corrected chi connectivity index (χ3v) is 1.87. The van der Waals surface area contributed by atoms with Gasteiger partial charge in [-0.25, -0.2) is 0 Å². The number of nitrogens with two attached hydrogens (primary N) is 1. The minimum absolute atomic E-state index is 0. The van der Waals surface area contributed by atoms with Crippen molar-refractivity contribution in [2.24, 2.45) is 5.73 Å². The van der Waals surface area contributed by atoms with E-state index in [9.17, 15) is 18.3 Å². The molecule has 96 valence electrons. The van der Waals surface area contributed by atoms with Gasteiger partial charge in [-0.05, 0) is 6.07 Å². The van der Waals surface area contributed by atoms with E-state index in [2.05, 4.69) is 11.3 Å². The van der Waals surface area contributed by atoms with Gasteiger partial charge >= 0.3 is 6.36 Å². The third-order valence-electron chi connectivity index (χ3n) is 1.87. The second kappa shape index (κ2) is 5.79. The molecule has 3 N–H and O–H groups in total. The summed E-state index contributed by atoms with van der Waals surface area (Å²) < 4.78 is 39.5. The van der Waals surface area contributed by atoms with E-state index >= 15 is 0 Å². The molecule has 0 aliphatic carbocycles. The van der Waals surface area contributed by atoms with Crippen molar-refractivity contribution < 1.29 is 23.0 Å². The van der Waals surface area contributed by atoms with Crippen molar-refractivity contribution in [2.45, 2.75) is 12.4 Å². The molecule has 0 heterocycles. The van der Waals surface area contributed by atoms with E-state index in [1.54, 1.807) is 0 Å². The number of para-hydroxylation sites is 1. The van der Waals surface area contributed by atoms with Gasteiger partial charge in [0.2, 0.25) is 0 Å². The number of hydrogen-bond donors (Lipinski definition) is 2. The molecule has 1 rings (SSSR count). The highest BCUT2D eigenvalue weighted by Gasteiger charge is 2.32. The summed E-state index contributed by atoms with van der Waals surface area (Å²) in [6.45, 7) is 3.38. The van der Waals surface area contributed by atoms with Crippen molar-refractivity contribution in [3.05, 3.63) is 36.4 Å². The maximum Gasteiger partial charge on any atom is 0.573 e. The van der Waals surface area contributed by atoms with Crippen molar-refractivity contribution >= 4 is 12.4 Å². The van der Waals surface area contributed by atoms with Crippen LogP contribution in [0.4, 0.5) is 13.2 Å². The quantitative estimate of drug-likeness (QED) is 0.830. The number of phenolic OH excluding ortho intramolecular Hbond substituents is 1. The van der Waals surface area contributed by atoms with Crippen LogP contribution in [-0.4, -0.2) is 11.5 Å². The Hall–Kier alpha value is -1.40. The summed E-state index contributed by atoms with van der Waals surface area (Å²) in [5, 5.41) is 9.50. The summed E-state index contributed by atoms with van der Waals surface area (Å²) in [4.78, 5) is 0. The number of benzene rings is 1. The van der Waals surface area contributed by atoms with Gasteiger partial charge < -0.3 is 15.6 Å². The Morgan fingerprint density at radius 2 is 2.00 bits per heavy atom. The molecule has 0 radical (unpaired) electrons. The number of rotatable bonds is 3. The Labute approximate surface area is 102 Å². The first-order chi connectivity index (χ1) is 7.35. The molecular weight excluding hydrogens is 259 g/mol. The summed E-state index contributed by atoms with van der Waals surface area (Å²) in [5.41, 5.74) is 5.63.